The second kappa shape index (κ2) is 6.87. The summed E-state index contributed by atoms with van der Waals surface area (Å²) in [5.74, 6) is 0.0868. The van der Waals surface area contributed by atoms with Crippen LogP contribution in [0, 0.1) is 5.92 Å². The van der Waals surface area contributed by atoms with Crippen molar-refractivity contribution >= 4 is 10.0 Å². The summed E-state index contributed by atoms with van der Waals surface area (Å²) in [5, 5.41) is 9.55. The van der Waals surface area contributed by atoms with Crippen molar-refractivity contribution in [3.05, 3.63) is 35.9 Å². The molecule has 0 aliphatic heterocycles. The first-order chi connectivity index (χ1) is 8.41. The molecule has 0 amide bonds. The molecule has 0 saturated carbocycles. The number of benzene rings is 1. The number of aryl methyl sites for hydroxylation is 1. The molecule has 0 fully saturated rings. The monoisotopic (exact) mass is 271 g/mol. The van der Waals surface area contributed by atoms with Crippen LogP contribution in [0.1, 0.15) is 19.4 Å². The summed E-state index contributed by atoms with van der Waals surface area (Å²) >= 11 is 0. The molecule has 0 aliphatic rings. The van der Waals surface area contributed by atoms with Gasteiger partial charge in [-0.3, -0.25) is 0 Å². The van der Waals surface area contributed by atoms with Crippen LogP contribution in [0.2, 0.25) is 0 Å². The van der Waals surface area contributed by atoms with E-state index in [9.17, 15) is 13.5 Å². The maximum Gasteiger partial charge on any atom is 0.212 e. The van der Waals surface area contributed by atoms with Gasteiger partial charge in [0, 0.05) is 6.54 Å². The highest BCUT2D eigenvalue weighted by molar-refractivity contribution is 7.89. The summed E-state index contributed by atoms with van der Waals surface area (Å²) < 4.78 is 25.8. The zero-order valence-electron chi connectivity index (χ0n) is 10.8. The molecule has 0 bridgehead atoms. The van der Waals surface area contributed by atoms with Crippen LogP contribution in [0.4, 0.5) is 0 Å². The minimum atomic E-state index is -3.32. The van der Waals surface area contributed by atoms with E-state index in [1.165, 1.54) is 0 Å². The predicted molar refractivity (Wildman–Crippen MR) is 72.8 cm³/mol. The third-order valence-electron chi connectivity index (χ3n) is 2.78. The minimum Gasteiger partial charge on any atom is -0.391 e. The molecule has 0 saturated heterocycles. The lowest BCUT2D eigenvalue weighted by molar-refractivity contribution is 0.129. The van der Waals surface area contributed by atoms with E-state index < -0.39 is 16.1 Å². The second-order valence-corrected chi connectivity index (χ2v) is 6.64. The maximum atomic E-state index is 11.7. The first-order valence-electron chi connectivity index (χ1n) is 6.10. The molecule has 0 spiro atoms. The Bertz CT molecular complexity index is 443. The highest BCUT2D eigenvalue weighted by Crippen LogP contribution is 2.03. The number of aliphatic hydroxyl groups excluding tert-OH is 1. The molecular formula is C13H21NO3S. The second-order valence-electron chi connectivity index (χ2n) is 4.71. The van der Waals surface area contributed by atoms with Gasteiger partial charge in [-0.2, -0.15) is 0 Å². The van der Waals surface area contributed by atoms with Crippen molar-refractivity contribution in [3.8, 4) is 0 Å². The van der Waals surface area contributed by atoms with Gasteiger partial charge in [0.2, 0.25) is 10.0 Å². The molecule has 4 nitrogen and oxygen atoms in total. The van der Waals surface area contributed by atoms with Crippen molar-refractivity contribution in [3.63, 3.8) is 0 Å². The zero-order chi connectivity index (χ0) is 13.6. The van der Waals surface area contributed by atoms with E-state index >= 15 is 0 Å². The van der Waals surface area contributed by atoms with Crippen LogP contribution >= 0.6 is 0 Å². The number of sulfonamides is 1. The van der Waals surface area contributed by atoms with Crippen molar-refractivity contribution in [1.82, 2.24) is 4.72 Å². The molecule has 1 atom stereocenters. The minimum absolute atomic E-state index is 0.0434. The normalized spacial score (nSPS) is 13.8. The Balaban J connectivity index is 2.41. The van der Waals surface area contributed by atoms with E-state index in [1.54, 1.807) is 0 Å². The summed E-state index contributed by atoms with van der Waals surface area (Å²) in [7, 11) is -3.32. The Morgan fingerprint density at radius 2 is 1.83 bits per heavy atom. The quantitative estimate of drug-likeness (QED) is 0.782. The first-order valence-corrected chi connectivity index (χ1v) is 7.75. The lowest BCUT2D eigenvalue weighted by Gasteiger charge is -2.15. The fraction of sp³-hybridized carbons (Fsp3) is 0.538. The van der Waals surface area contributed by atoms with E-state index in [0.717, 1.165) is 5.56 Å². The van der Waals surface area contributed by atoms with Crippen LogP contribution in [0.5, 0.6) is 0 Å². The van der Waals surface area contributed by atoms with Crippen molar-refractivity contribution in [2.75, 3.05) is 12.3 Å². The van der Waals surface area contributed by atoms with Crippen molar-refractivity contribution < 1.29 is 13.5 Å². The number of hydrogen-bond acceptors (Lipinski definition) is 3. The fourth-order valence-electron chi connectivity index (χ4n) is 1.42. The van der Waals surface area contributed by atoms with E-state index in [1.807, 2.05) is 44.2 Å². The Morgan fingerprint density at radius 1 is 1.22 bits per heavy atom. The number of rotatable bonds is 7. The molecule has 1 aromatic carbocycles. The summed E-state index contributed by atoms with van der Waals surface area (Å²) in [6, 6.07) is 9.47. The highest BCUT2D eigenvalue weighted by Gasteiger charge is 2.15. The standard InChI is InChI=1S/C13H21NO3S/c1-11(2)13(15)10-14-18(16,17)9-8-12-6-4-3-5-7-12/h3-7,11,13-15H,8-10H2,1-2H3/t13-/m1/s1. The van der Waals surface area contributed by atoms with Gasteiger partial charge < -0.3 is 5.11 Å². The van der Waals surface area contributed by atoms with Gasteiger partial charge in [0.1, 0.15) is 0 Å². The van der Waals surface area contributed by atoms with Gasteiger partial charge >= 0.3 is 0 Å². The van der Waals surface area contributed by atoms with Crippen LogP contribution < -0.4 is 4.72 Å². The molecule has 1 rings (SSSR count). The van der Waals surface area contributed by atoms with E-state index in [-0.39, 0.29) is 18.2 Å². The van der Waals surface area contributed by atoms with E-state index in [2.05, 4.69) is 4.72 Å². The van der Waals surface area contributed by atoms with Crippen molar-refractivity contribution in [2.24, 2.45) is 5.92 Å². The van der Waals surface area contributed by atoms with Crippen molar-refractivity contribution in [2.45, 2.75) is 26.4 Å². The lowest BCUT2D eigenvalue weighted by Crippen LogP contribution is -2.36. The Hall–Kier alpha value is -0.910. The third kappa shape index (κ3) is 5.62. The molecule has 1 aromatic rings. The van der Waals surface area contributed by atoms with Gasteiger partial charge in [-0.15, -0.1) is 0 Å². The molecule has 0 aliphatic carbocycles. The van der Waals surface area contributed by atoms with Gasteiger partial charge in [0.15, 0.2) is 0 Å². The van der Waals surface area contributed by atoms with Crippen LogP contribution in [0.15, 0.2) is 30.3 Å². The number of hydrogen-bond donors (Lipinski definition) is 2. The Morgan fingerprint density at radius 3 is 2.39 bits per heavy atom. The average molecular weight is 271 g/mol. The van der Waals surface area contributed by atoms with Gasteiger partial charge in [-0.1, -0.05) is 44.2 Å². The van der Waals surface area contributed by atoms with Crippen LogP contribution in [0.3, 0.4) is 0 Å². The fourth-order valence-corrected chi connectivity index (χ4v) is 2.49. The summed E-state index contributed by atoms with van der Waals surface area (Å²) in [4.78, 5) is 0. The molecule has 0 aromatic heterocycles. The molecule has 5 heteroatoms. The van der Waals surface area contributed by atoms with Gasteiger partial charge in [-0.25, -0.2) is 13.1 Å². The largest absolute Gasteiger partial charge is 0.391 e. The number of aliphatic hydroxyl groups is 1. The predicted octanol–water partition coefficient (Wildman–Crippen LogP) is 1.17. The smallest absolute Gasteiger partial charge is 0.212 e. The number of nitrogens with one attached hydrogen (secondary N) is 1. The van der Waals surface area contributed by atoms with Crippen LogP contribution in [0.25, 0.3) is 0 Å². The molecular weight excluding hydrogens is 250 g/mol. The zero-order valence-corrected chi connectivity index (χ0v) is 11.7. The van der Waals surface area contributed by atoms with Crippen molar-refractivity contribution in [1.29, 1.82) is 0 Å². The third-order valence-corrected chi connectivity index (χ3v) is 4.13. The van der Waals surface area contributed by atoms with Gasteiger partial charge in [0.05, 0.1) is 11.9 Å². The summed E-state index contributed by atoms with van der Waals surface area (Å²) in [5.41, 5.74) is 0.993. The Labute approximate surface area is 109 Å². The van der Waals surface area contributed by atoms with E-state index in [0.29, 0.717) is 6.42 Å². The summed E-state index contributed by atoms with van der Waals surface area (Å²) in [6.07, 6.45) is -0.162. The molecule has 2 N–H and O–H groups in total. The van der Waals surface area contributed by atoms with E-state index in [4.69, 9.17) is 0 Å². The lowest BCUT2D eigenvalue weighted by atomic mass is 10.1. The summed E-state index contributed by atoms with van der Waals surface area (Å²) in [6.45, 7) is 3.78. The SMILES string of the molecule is CC(C)[C@H](O)CNS(=O)(=O)CCc1ccccc1. The van der Waals surface area contributed by atoms with Gasteiger partial charge in [0.25, 0.3) is 0 Å². The molecule has 0 heterocycles. The van der Waals surface area contributed by atoms with Crippen LogP contribution in [-0.2, 0) is 16.4 Å². The maximum absolute atomic E-state index is 11.7. The average Bonchev–Trinajstić information content (AvgIpc) is 2.35. The molecule has 18 heavy (non-hydrogen) atoms. The van der Waals surface area contributed by atoms with Crippen LogP contribution in [-0.4, -0.2) is 31.9 Å². The highest BCUT2D eigenvalue weighted by atomic mass is 32.2. The molecule has 0 unspecified atom stereocenters. The molecule has 102 valence electrons. The topological polar surface area (TPSA) is 66.4 Å². The molecule has 0 radical (unpaired) electrons. The first kappa shape index (κ1) is 15.1. The van der Waals surface area contributed by atoms with Gasteiger partial charge in [-0.05, 0) is 17.9 Å². The Kier molecular flexibility index (Phi) is 5.78.